The predicted molar refractivity (Wildman–Crippen MR) is 40.7 cm³/mol. The van der Waals surface area contributed by atoms with E-state index >= 15 is 0 Å². The van der Waals surface area contributed by atoms with Crippen molar-refractivity contribution in [3.05, 3.63) is 12.2 Å². The lowest BCUT2D eigenvalue weighted by Crippen LogP contribution is -2.00. The van der Waals surface area contributed by atoms with Crippen molar-refractivity contribution in [2.24, 2.45) is 0 Å². The third kappa shape index (κ3) is 5.51. The van der Waals surface area contributed by atoms with E-state index in [9.17, 15) is 4.79 Å². The highest BCUT2D eigenvalue weighted by molar-refractivity contribution is 5.64. The summed E-state index contributed by atoms with van der Waals surface area (Å²) in [7, 11) is 0. The summed E-state index contributed by atoms with van der Waals surface area (Å²) in [5.41, 5.74) is 0. The minimum atomic E-state index is -0.440. The molecule has 0 fully saturated rings. The van der Waals surface area contributed by atoms with E-state index in [1.54, 1.807) is 0 Å². The molecular formula is C8H14O2. The molecule has 0 aliphatic carbocycles. The van der Waals surface area contributed by atoms with Gasteiger partial charge in [0.2, 0.25) is 0 Å². The van der Waals surface area contributed by atoms with Gasteiger partial charge in [0.1, 0.15) is 6.29 Å². The smallest absolute Gasteiger partial charge is 0.142 e. The molecule has 0 spiro atoms. The number of aliphatic hydroxyl groups is 1. The second kappa shape index (κ2) is 6.49. The molecule has 0 aromatic rings. The molecule has 0 bridgehead atoms. The Balaban J connectivity index is 3.32. The van der Waals surface area contributed by atoms with Gasteiger partial charge in [0.15, 0.2) is 0 Å². The van der Waals surface area contributed by atoms with Crippen molar-refractivity contribution < 1.29 is 9.90 Å². The molecule has 0 amide bonds. The van der Waals surface area contributed by atoms with Crippen LogP contribution >= 0.6 is 0 Å². The molecule has 58 valence electrons. The average molecular weight is 142 g/mol. The standard InChI is InChI=1S/C8H14O2/c1-2-3-5-8(10)6-4-7-9/h4,6-8,10H,2-3,5H2,1H3/b6-4+. The molecule has 1 unspecified atom stereocenters. The summed E-state index contributed by atoms with van der Waals surface area (Å²) >= 11 is 0. The van der Waals surface area contributed by atoms with Gasteiger partial charge in [0, 0.05) is 0 Å². The summed E-state index contributed by atoms with van der Waals surface area (Å²) in [5.74, 6) is 0. The van der Waals surface area contributed by atoms with Gasteiger partial charge in [-0.2, -0.15) is 0 Å². The first-order chi connectivity index (χ1) is 4.81. The van der Waals surface area contributed by atoms with Crippen LogP contribution in [-0.2, 0) is 4.79 Å². The molecule has 2 nitrogen and oxygen atoms in total. The summed E-state index contributed by atoms with van der Waals surface area (Å²) in [6, 6.07) is 0. The molecule has 0 radical (unpaired) electrons. The number of carbonyl (C=O) groups excluding carboxylic acids is 1. The SMILES string of the molecule is CCCCC(O)/C=C/C=O. The van der Waals surface area contributed by atoms with Crippen molar-refractivity contribution in [3.8, 4) is 0 Å². The number of carbonyl (C=O) groups is 1. The number of hydrogen-bond acceptors (Lipinski definition) is 2. The molecule has 0 rings (SSSR count). The monoisotopic (exact) mass is 142 g/mol. The first-order valence-corrected chi connectivity index (χ1v) is 3.61. The number of aldehydes is 1. The van der Waals surface area contributed by atoms with Gasteiger partial charge in [0.25, 0.3) is 0 Å². The Morgan fingerprint density at radius 2 is 2.30 bits per heavy atom. The van der Waals surface area contributed by atoms with Crippen molar-refractivity contribution in [2.45, 2.75) is 32.3 Å². The summed E-state index contributed by atoms with van der Waals surface area (Å²) in [4.78, 5) is 9.79. The molecule has 0 saturated heterocycles. The first-order valence-electron chi connectivity index (χ1n) is 3.61. The highest BCUT2D eigenvalue weighted by atomic mass is 16.3. The van der Waals surface area contributed by atoms with E-state index in [-0.39, 0.29) is 0 Å². The lowest BCUT2D eigenvalue weighted by Gasteiger charge is -2.01. The number of allylic oxidation sites excluding steroid dienone is 1. The van der Waals surface area contributed by atoms with Crippen LogP contribution in [0.5, 0.6) is 0 Å². The molecule has 1 atom stereocenters. The molecule has 0 aromatic carbocycles. The Bertz CT molecular complexity index is 108. The van der Waals surface area contributed by atoms with Crippen LogP contribution in [0.2, 0.25) is 0 Å². The van der Waals surface area contributed by atoms with E-state index in [1.807, 2.05) is 0 Å². The minimum absolute atomic E-state index is 0.440. The van der Waals surface area contributed by atoms with E-state index in [1.165, 1.54) is 12.2 Å². The van der Waals surface area contributed by atoms with Crippen LogP contribution in [0.1, 0.15) is 26.2 Å². The maximum atomic E-state index is 9.79. The Kier molecular flexibility index (Phi) is 6.08. The fourth-order valence-corrected chi connectivity index (χ4v) is 0.683. The lowest BCUT2D eigenvalue weighted by atomic mass is 10.1. The Morgan fingerprint density at radius 3 is 2.80 bits per heavy atom. The fourth-order valence-electron chi connectivity index (χ4n) is 0.683. The quantitative estimate of drug-likeness (QED) is 0.464. The summed E-state index contributed by atoms with van der Waals surface area (Å²) in [6.07, 6.45) is 5.92. The highest BCUT2D eigenvalue weighted by Crippen LogP contribution is 2.00. The topological polar surface area (TPSA) is 37.3 Å². The van der Waals surface area contributed by atoms with Gasteiger partial charge in [0.05, 0.1) is 6.10 Å². The van der Waals surface area contributed by atoms with Gasteiger partial charge >= 0.3 is 0 Å². The van der Waals surface area contributed by atoms with Crippen LogP contribution < -0.4 is 0 Å². The Morgan fingerprint density at radius 1 is 1.60 bits per heavy atom. The van der Waals surface area contributed by atoms with Crippen LogP contribution in [0.3, 0.4) is 0 Å². The number of unbranched alkanes of at least 4 members (excludes halogenated alkanes) is 1. The van der Waals surface area contributed by atoms with Crippen LogP contribution in [0.25, 0.3) is 0 Å². The second-order valence-electron chi connectivity index (χ2n) is 2.23. The molecule has 0 aromatic heterocycles. The van der Waals surface area contributed by atoms with Crippen molar-refractivity contribution in [1.29, 1.82) is 0 Å². The number of aliphatic hydroxyl groups excluding tert-OH is 1. The molecule has 0 saturated carbocycles. The number of hydrogen-bond donors (Lipinski definition) is 1. The van der Waals surface area contributed by atoms with E-state index in [0.717, 1.165) is 19.3 Å². The van der Waals surface area contributed by atoms with Crippen molar-refractivity contribution in [1.82, 2.24) is 0 Å². The maximum Gasteiger partial charge on any atom is 0.142 e. The number of rotatable bonds is 5. The molecular weight excluding hydrogens is 128 g/mol. The predicted octanol–water partition coefficient (Wildman–Crippen LogP) is 1.29. The Labute approximate surface area is 61.6 Å². The fraction of sp³-hybridized carbons (Fsp3) is 0.625. The van der Waals surface area contributed by atoms with Crippen LogP contribution in [0.4, 0.5) is 0 Å². The van der Waals surface area contributed by atoms with Crippen molar-refractivity contribution in [2.75, 3.05) is 0 Å². The van der Waals surface area contributed by atoms with Crippen LogP contribution in [0, 0.1) is 0 Å². The molecule has 0 aliphatic rings. The molecule has 1 N–H and O–H groups in total. The van der Waals surface area contributed by atoms with Gasteiger partial charge < -0.3 is 5.11 Å². The van der Waals surface area contributed by atoms with E-state index in [4.69, 9.17) is 5.11 Å². The largest absolute Gasteiger partial charge is 0.389 e. The van der Waals surface area contributed by atoms with Gasteiger partial charge in [-0.1, -0.05) is 25.8 Å². The molecule has 10 heavy (non-hydrogen) atoms. The third-order valence-electron chi connectivity index (χ3n) is 1.27. The molecule has 0 aliphatic heterocycles. The normalized spacial score (nSPS) is 13.8. The van der Waals surface area contributed by atoms with Crippen molar-refractivity contribution >= 4 is 6.29 Å². The lowest BCUT2D eigenvalue weighted by molar-refractivity contribution is -0.104. The van der Waals surface area contributed by atoms with Gasteiger partial charge in [-0.25, -0.2) is 0 Å². The van der Waals surface area contributed by atoms with E-state index in [2.05, 4.69) is 6.92 Å². The van der Waals surface area contributed by atoms with Gasteiger partial charge in [-0.15, -0.1) is 0 Å². The molecule has 2 heteroatoms. The Hall–Kier alpha value is -0.630. The minimum Gasteiger partial charge on any atom is -0.389 e. The van der Waals surface area contributed by atoms with Crippen molar-refractivity contribution in [3.63, 3.8) is 0 Å². The summed E-state index contributed by atoms with van der Waals surface area (Å²) in [6.45, 7) is 2.07. The zero-order chi connectivity index (χ0) is 7.82. The third-order valence-corrected chi connectivity index (χ3v) is 1.27. The van der Waals surface area contributed by atoms with Gasteiger partial charge in [-0.05, 0) is 12.5 Å². The zero-order valence-electron chi connectivity index (χ0n) is 6.29. The average Bonchev–Trinajstić information content (AvgIpc) is 1.97. The summed E-state index contributed by atoms with van der Waals surface area (Å²) in [5, 5.41) is 9.07. The first kappa shape index (κ1) is 9.37. The van der Waals surface area contributed by atoms with Gasteiger partial charge in [-0.3, -0.25) is 4.79 Å². The van der Waals surface area contributed by atoms with Crippen LogP contribution in [0.15, 0.2) is 12.2 Å². The maximum absolute atomic E-state index is 9.79. The van der Waals surface area contributed by atoms with Crippen LogP contribution in [-0.4, -0.2) is 17.5 Å². The van der Waals surface area contributed by atoms with E-state index in [0.29, 0.717) is 6.29 Å². The summed E-state index contributed by atoms with van der Waals surface area (Å²) < 4.78 is 0. The second-order valence-corrected chi connectivity index (χ2v) is 2.23. The molecule has 0 heterocycles. The zero-order valence-corrected chi connectivity index (χ0v) is 6.29. The highest BCUT2D eigenvalue weighted by Gasteiger charge is 1.95. The van der Waals surface area contributed by atoms with E-state index < -0.39 is 6.10 Å².